The van der Waals surface area contributed by atoms with Crippen molar-refractivity contribution in [1.29, 1.82) is 0 Å². The van der Waals surface area contributed by atoms with Crippen molar-refractivity contribution in [1.82, 2.24) is 10.3 Å². The van der Waals surface area contributed by atoms with Gasteiger partial charge in [0.15, 0.2) is 5.13 Å². The fourth-order valence-corrected chi connectivity index (χ4v) is 3.74. The lowest BCUT2D eigenvalue weighted by Gasteiger charge is -2.14. The Hall–Kier alpha value is -2.90. The molecular weight excluding hydrogens is 384 g/mol. The van der Waals surface area contributed by atoms with Crippen molar-refractivity contribution in [3.63, 3.8) is 0 Å². The average molecular weight is 399 g/mol. The number of hydrogen-bond donors (Lipinski definition) is 2. The first kappa shape index (κ1) is 17.5. The molecule has 3 aromatic rings. The van der Waals surface area contributed by atoms with E-state index in [1.165, 1.54) is 11.3 Å². The van der Waals surface area contributed by atoms with E-state index in [4.69, 9.17) is 11.6 Å². The van der Waals surface area contributed by atoms with Crippen LogP contribution < -0.4 is 15.5 Å². The molecule has 2 heterocycles. The zero-order valence-corrected chi connectivity index (χ0v) is 15.7. The zero-order valence-electron chi connectivity index (χ0n) is 14.1. The molecule has 1 saturated heterocycles. The van der Waals surface area contributed by atoms with Crippen molar-refractivity contribution in [3.8, 4) is 11.3 Å². The summed E-state index contributed by atoms with van der Waals surface area (Å²) in [4.78, 5) is 30.2. The van der Waals surface area contributed by atoms with Crippen LogP contribution in [0, 0.1) is 0 Å². The smallest absolute Gasteiger partial charge is 0.321 e. The third-order valence-corrected chi connectivity index (χ3v) is 5.26. The van der Waals surface area contributed by atoms with Gasteiger partial charge < -0.3 is 5.32 Å². The molecule has 3 amide bonds. The molecule has 2 aromatic carbocycles. The number of anilines is 2. The van der Waals surface area contributed by atoms with E-state index in [1.807, 2.05) is 23.6 Å². The number of nitrogens with zero attached hydrogens (tertiary/aromatic N) is 2. The number of urea groups is 1. The second-order valence-corrected chi connectivity index (χ2v) is 7.17. The normalized spacial score (nSPS) is 13.5. The highest BCUT2D eigenvalue weighted by atomic mass is 35.5. The Balaban J connectivity index is 1.46. The first-order chi connectivity index (χ1) is 13.1. The number of hydrogen-bond acceptors (Lipinski definition) is 4. The summed E-state index contributed by atoms with van der Waals surface area (Å²) in [5.41, 5.74) is 2.80. The van der Waals surface area contributed by atoms with Crippen molar-refractivity contribution in [2.24, 2.45) is 0 Å². The molecule has 6 nitrogen and oxygen atoms in total. The molecule has 0 saturated carbocycles. The Bertz CT molecular complexity index is 1000. The highest BCUT2D eigenvalue weighted by Crippen LogP contribution is 2.30. The lowest BCUT2D eigenvalue weighted by Crippen LogP contribution is -2.27. The van der Waals surface area contributed by atoms with Crippen LogP contribution in [0.1, 0.15) is 10.4 Å². The Morgan fingerprint density at radius 1 is 1.19 bits per heavy atom. The number of thiazole rings is 1. The molecule has 0 radical (unpaired) electrons. The van der Waals surface area contributed by atoms with E-state index in [1.54, 1.807) is 35.2 Å². The zero-order chi connectivity index (χ0) is 18.8. The molecule has 1 aliphatic heterocycles. The van der Waals surface area contributed by atoms with Gasteiger partial charge in [0.05, 0.1) is 5.69 Å². The maximum Gasteiger partial charge on any atom is 0.321 e. The van der Waals surface area contributed by atoms with Gasteiger partial charge in [0, 0.05) is 40.3 Å². The van der Waals surface area contributed by atoms with Crippen molar-refractivity contribution in [2.45, 2.75) is 0 Å². The number of halogens is 1. The Morgan fingerprint density at radius 2 is 1.96 bits per heavy atom. The van der Waals surface area contributed by atoms with Gasteiger partial charge in [-0.1, -0.05) is 29.8 Å². The Kier molecular flexibility index (Phi) is 4.79. The summed E-state index contributed by atoms with van der Waals surface area (Å²) in [6.45, 7) is 1.24. The maximum absolute atomic E-state index is 12.5. The van der Waals surface area contributed by atoms with E-state index in [9.17, 15) is 9.59 Å². The van der Waals surface area contributed by atoms with Crippen LogP contribution in [0.25, 0.3) is 11.3 Å². The van der Waals surface area contributed by atoms with Gasteiger partial charge in [-0.25, -0.2) is 9.78 Å². The van der Waals surface area contributed by atoms with E-state index < -0.39 is 0 Å². The minimum Gasteiger partial charge on any atom is -0.336 e. The number of benzene rings is 2. The van der Waals surface area contributed by atoms with Crippen molar-refractivity contribution in [2.75, 3.05) is 23.3 Å². The third-order valence-electron chi connectivity index (χ3n) is 4.17. The fourth-order valence-electron chi connectivity index (χ4n) is 2.80. The van der Waals surface area contributed by atoms with E-state index >= 15 is 0 Å². The largest absolute Gasteiger partial charge is 0.336 e. The highest BCUT2D eigenvalue weighted by molar-refractivity contribution is 7.14. The molecule has 0 bridgehead atoms. The summed E-state index contributed by atoms with van der Waals surface area (Å²) in [6.07, 6.45) is 0. The van der Waals surface area contributed by atoms with Gasteiger partial charge in [0.1, 0.15) is 0 Å². The molecule has 8 heteroatoms. The lowest BCUT2D eigenvalue weighted by molar-refractivity contribution is 0.102. The summed E-state index contributed by atoms with van der Waals surface area (Å²) in [6, 6.07) is 14.2. The van der Waals surface area contributed by atoms with Crippen LogP contribution in [0.2, 0.25) is 5.02 Å². The number of nitrogens with one attached hydrogen (secondary N) is 2. The maximum atomic E-state index is 12.5. The van der Waals surface area contributed by atoms with Crippen LogP contribution in [0.5, 0.6) is 0 Å². The number of carbonyl (C=O) groups excluding carboxylic acids is 2. The SMILES string of the molecule is O=C(Nc1nc(-c2ccccc2Cl)cs1)c1ccc(N2CCNC2=O)cc1. The minimum atomic E-state index is -0.257. The first-order valence-electron chi connectivity index (χ1n) is 8.29. The molecule has 136 valence electrons. The number of aromatic nitrogens is 1. The molecule has 1 aliphatic rings. The fraction of sp³-hybridized carbons (Fsp3) is 0.105. The first-order valence-corrected chi connectivity index (χ1v) is 9.55. The topological polar surface area (TPSA) is 74.3 Å². The highest BCUT2D eigenvalue weighted by Gasteiger charge is 2.21. The lowest BCUT2D eigenvalue weighted by atomic mass is 10.2. The minimum absolute atomic E-state index is 0.123. The van der Waals surface area contributed by atoms with Gasteiger partial charge in [-0.2, -0.15) is 0 Å². The quantitative estimate of drug-likeness (QED) is 0.690. The van der Waals surface area contributed by atoms with E-state index in [2.05, 4.69) is 15.6 Å². The molecule has 4 rings (SSSR count). The van der Waals surface area contributed by atoms with Gasteiger partial charge in [-0.05, 0) is 30.3 Å². The van der Waals surface area contributed by atoms with Crippen molar-refractivity contribution >= 4 is 45.7 Å². The summed E-state index contributed by atoms with van der Waals surface area (Å²) in [5.74, 6) is -0.257. The molecule has 0 spiro atoms. The van der Waals surface area contributed by atoms with Crippen molar-refractivity contribution < 1.29 is 9.59 Å². The van der Waals surface area contributed by atoms with Crippen LogP contribution >= 0.6 is 22.9 Å². The monoisotopic (exact) mass is 398 g/mol. The van der Waals surface area contributed by atoms with Crippen molar-refractivity contribution in [3.05, 3.63) is 64.5 Å². The molecular formula is C19H15ClN4O2S. The van der Waals surface area contributed by atoms with Gasteiger partial charge >= 0.3 is 6.03 Å². The number of rotatable bonds is 4. The molecule has 1 fully saturated rings. The van der Waals surface area contributed by atoms with Gasteiger partial charge in [-0.15, -0.1) is 11.3 Å². The molecule has 0 aliphatic carbocycles. The Morgan fingerprint density at radius 3 is 2.67 bits per heavy atom. The molecule has 0 unspecified atom stereocenters. The summed E-state index contributed by atoms with van der Waals surface area (Å²) < 4.78 is 0. The van der Waals surface area contributed by atoms with E-state index in [-0.39, 0.29) is 11.9 Å². The molecule has 27 heavy (non-hydrogen) atoms. The second-order valence-electron chi connectivity index (χ2n) is 5.90. The third kappa shape index (κ3) is 3.65. The molecule has 2 N–H and O–H groups in total. The number of carbonyl (C=O) groups is 2. The van der Waals surface area contributed by atoms with Crippen LogP contribution in [0.15, 0.2) is 53.9 Å². The number of amides is 3. The average Bonchev–Trinajstić information content (AvgIpc) is 3.31. The van der Waals surface area contributed by atoms with Gasteiger partial charge in [0.2, 0.25) is 0 Å². The van der Waals surface area contributed by atoms with Crippen LogP contribution in [0.4, 0.5) is 15.6 Å². The Labute approximate surface area is 164 Å². The molecule has 0 atom stereocenters. The van der Waals surface area contributed by atoms with Gasteiger partial charge in [0.25, 0.3) is 5.91 Å². The van der Waals surface area contributed by atoms with E-state index in [0.717, 1.165) is 16.9 Å². The summed E-state index contributed by atoms with van der Waals surface area (Å²) in [7, 11) is 0. The summed E-state index contributed by atoms with van der Waals surface area (Å²) in [5, 5.41) is 8.51. The van der Waals surface area contributed by atoms with Crippen LogP contribution in [-0.4, -0.2) is 30.0 Å². The van der Waals surface area contributed by atoms with Gasteiger partial charge in [-0.3, -0.25) is 15.0 Å². The molecule has 1 aromatic heterocycles. The standard InChI is InChI=1S/C19H15ClN4O2S/c20-15-4-2-1-3-14(15)16-11-27-18(22-16)23-17(25)12-5-7-13(8-6-12)24-10-9-21-19(24)26/h1-8,11H,9-10H2,(H,21,26)(H,22,23,25). The predicted octanol–water partition coefficient (Wildman–Crippen LogP) is 4.25. The van der Waals surface area contributed by atoms with Crippen LogP contribution in [-0.2, 0) is 0 Å². The van der Waals surface area contributed by atoms with E-state index in [0.29, 0.717) is 28.8 Å². The van der Waals surface area contributed by atoms with Crippen LogP contribution in [0.3, 0.4) is 0 Å². The summed E-state index contributed by atoms with van der Waals surface area (Å²) >= 11 is 7.53. The second kappa shape index (κ2) is 7.38. The predicted molar refractivity (Wildman–Crippen MR) is 108 cm³/mol.